The molecule has 0 fully saturated rings. The number of hydrogen-bond donors (Lipinski definition) is 1. The highest BCUT2D eigenvalue weighted by Crippen LogP contribution is 2.16. The van der Waals surface area contributed by atoms with Gasteiger partial charge >= 0.3 is 5.97 Å². The van der Waals surface area contributed by atoms with Gasteiger partial charge in [0.05, 0.1) is 5.56 Å². The minimum Gasteiger partial charge on any atom is -0.478 e. The van der Waals surface area contributed by atoms with Crippen molar-refractivity contribution in [1.82, 2.24) is 0 Å². The van der Waals surface area contributed by atoms with Crippen molar-refractivity contribution in [1.29, 1.82) is 0 Å². The minimum atomic E-state index is -0.989. The second-order valence-corrected chi connectivity index (χ2v) is 5.21. The van der Waals surface area contributed by atoms with Gasteiger partial charge in [0, 0.05) is 16.9 Å². The first-order valence-electron chi connectivity index (χ1n) is 6.09. The van der Waals surface area contributed by atoms with Gasteiger partial charge in [-0.3, -0.25) is 4.79 Å². The molecule has 0 aliphatic carbocycles. The predicted octanol–water partition coefficient (Wildman–Crippen LogP) is 3.53. The largest absolute Gasteiger partial charge is 0.478 e. The van der Waals surface area contributed by atoms with E-state index in [1.807, 2.05) is 30.5 Å². The van der Waals surface area contributed by atoms with E-state index in [2.05, 4.69) is 0 Å². The first kappa shape index (κ1) is 14.3. The second kappa shape index (κ2) is 6.39. The lowest BCUT2D eigenvalue weighted by atomic mass is 10.0. The highest BCUT2D eigenvalue weighted by atomic mass is 32.2. The summed E-state index contributed by atoms with van der Waals surface area (Å²) in [5, 5.41) is 8.81. The molecule has 0 saturated carbocycles. The zero-order chi connectivity index (χ0) is 14.5. The van der Waals surface area contributed by atoms with E-state index in [-0.39, 0.29) is 11.3 Å². The zero-order valence-electron chi connectivity index (χ0n) is 11.0. The Morgan fingerprint density at radius 1 is 0.950 bits per heavy atom. The van der Waals surface area contributed by atoms with Gasteiger partial charge in [0.25, 0.3) is 0 Å². The van der Waals surface area contributed by atoms with Crippen molar-refractivity contribution in [3.05, 3.63) is 65.2 Å². The summed E-state index contributed by atoms with van der Waals surface area (Å²) in [6.07, 6.45) is 2.32. The maximum Gasteiger partial charge on any atom is 0.335 e. The van der Waals surface area contributed by atoms with E-state index < -0.39 is 5.97 Å². The molecule has 2 aromatic carbocycles. The van der Waals surface area contributed by atoms with Crippen LogP contribution in [-0.4, -0.2) is 23.1 Å². The number of Topliss-reactive ketones (excluding diaryl/α,β-unsaturated/α-hetero) is 1. The summed E-state index contributed by atoms with van der Waals surface area (Å²) in [6, 6.07) is 13.9. The highest BCUT2D eigenvalue weighted by Gasteiger charge is 2.09. The molecule has 0 saturated heterocycles. The van der Waals surface area contributed by atoms with Crippen LogP contribution in [0, 0.1) is 0 Å². The van der Waals surface area contributed by atoms with Gasteiger partial charge in [-0.15, -0.1) is 11.8 Å². The smallest absolute Gasteiger partial charge is 0.335 e. The maximum absolute atomic E-state index is 12.1. The van der Waals surface area contributed by atoms with Gasteiger partial charge in [0.1, 0.15) is 0 Å². The standard InChI is InChI=1S/C16H14O3S/c1-20-14-8-2-11(3-9-14)10-15(17)12-4-6-13(7-5-12)16(18)19/h2-9H,10H2,1H3,(H,18,19). The third-order valence-electron chi connectivity index (χ3n) is 2.98. The number of rotatable bonds is 5. The summed E-state index contributed by atoms with van der Waals surface area (Å²) < 4.78 is 0. The molecule has 0 unspecified atom stereocenters. The van der Waals surface area contributed by atoms with Crippen LogP contribution < -0.4 is 0 Å². The Bertz CT molecular complexity index is 615. The Balaban J connectivity index is 2.08. The van der Waals surface area contributed by atoms with Crippen molar-refractivity contribution in [2.75, 3.05) is 6.26 Å². The fourth-order valence-electron chi connectivity index (χ4n) is 1.83. The van der Waals surface area contributed by atoms with Crippen LogP contribution in [0.25, 0.3) is 0 Å². The second-order valence-electron chi connectivity index (χ2n) is 4.33. The molecule has 102 valence electrons. The molecule has 0 atom stereocenters. The fourth-order valence-corrected chi connectivity index (χ4v) is 2.24. The van der Waals surface area contributed by atoms with Gasteiger partial charge in [-0.2, -0.15) is 0 Å². The number of carbonyl (C=O) groups excluding carboxylic acids is 1. The van der Waals surface area contributed by atoms with Crippen LogP contribution in [0.4, 0.5) is 0 Å². The third kappa shape index (κ3) is 3.48. The molecule has 0 aliphatic rings. The molecule has 0 aromatic heterocycles. The van der Waals surface area contributed by atoms with Gasteiger partial charge in [0.15, 0.2) is 5.78 Å². The summed E-state index contributed by atoms with van der Waals surface area (Å²) in [4.78, 5) is 24.0. The molecule has 1 N–H and O–H groups in total. The summed E-state index contributed by atoms with van der Waals surface area (Å²) >= 11 is 1.66. The summed E-state index contributed by atoms with van der Waals surface area (Å²) in [5.41, 5.74) is 1.67. The molecule has 0 heterocycles. The van der Waals surface area contributed by atoms with Crippen LogP contribution in [0.1, 0.15) is 26.3 Å². The van der Waals surface area contributed by atoms with Gasteiger partial charge in [-0.05, 0) is 36.1 Å². The van der Waals surface area contributed by atoms with Crippen molar-refractivity contribution < 1.29 is 14.7 Å². The predicted molar refractivity (Wildman–Crippen MR) is 79.7 cm³/mol. The maximum atomic E-state index is 12.1. The highest BCUT2D eigenvalue weighted by molar-refractivity contribution is 7.98. The van der Waals surface area contributed by atoms with E-state index in [0.717, 1.165) is 10.5 Å². The van der Waals surface area contributed by atoms with Crippen LogP contribution in [-0.2, 0) is 6.42 Å². The number of ketones is 1. The van der Waals surface area contributed by atoms with Crippen molar-refractivity contribution >= 4 is 23.5 Å². The molecule has 0 radical (unpaired) electrons. The summed E-state index contributed by atoms with van der Waals surface area (Å²) in [6.45, 7) is 0. The quantitative estimate of drug-likeness (QED) is 0.675. The van der Waals surface area contributed by atoms with Crippen LogP contribution in [0.2, 0.25) is 0 Å². The van der Waals surface area contributed by atoms with E-state index in [0.29, 0.717) is 12.0 Å². The van der Waals surface area contributed by atoms with Gasteiger partial charge in [0.2, 0.25) is 0 Å². The first-order valence-corrected chi connectivity index (χ1v) is 7.32. The van der Waals surface area contributed by atoms with Gasteiger partial charge in [-0.1, -0.05) is 24.3 Å². The molecule has 0 spiro atoms. The lowest BCUT2D eigenvalue weighted by Crippen LogP contribution is -2.04. The average Bonchev–Trinajstić information content (AvgIpc) is 2.48. The van der Waals surface area contributed by atoms with E-state index >= 15 is 0 Å². The molecule has 2 aromatic rings. The van der Waals surface area contributed by atoms with Crippen LogP contribution >= 0.6 is 11.8 Å². The number of hydrogen-bond acceptors (Lipinski definition) is 3. The Hall–Kier alpha value is -2.07. The molecule has 0 aliphatic heterocycles. The topological polar surface area (TPSA) is 54.4 Å². The number of thioether (sulfide) groups is 1. The van der Waals surface area contributed by atoms with E-state index in [1.165, 1.54) is 12.1 Å². The molecule has 0 bridgehead atoms. The molecule has 4 heteroatoms. The number of aromatic carboxylic acids is 1. The lowest BCUT2D eigenvalue weighted by molar-refractivity contribution is 0.0696. The molecule has 20 heavy (non-hydrogen) atoms. The van der Waals surface area contributed by atoms with Crippen LogP contribution in [0.15, 0.2) is 53.4 Å². The third-order valence-corrected chi connectivity index (χ3v) is 3.72. The number of carboxylic acids is 1. The fraction of sp³-hybridized carbons (Fsp3) is 0.125. The number of carboxylic acid groups (broad SMARTS) is 1. The number of benzene rings is 2. The van der Waals surface area contributed by atoms with E-state index in [9.17, 15) is 9.59 Å². The molecule has 3 nitrogen and oxygen atoms in total. The zero-order valence-corrected chi connectivity index (χ0v) is 11.8. The monoisotopic (exact) mass is 286 g/mol. The van der Waals surface area contributed by atoms with Crippen molar-refractivity contribution in [2.45, 2.75) is 11.3 Å². The molecular formula is C16H14O3S. The normalized spacial score (nSPS) is 10.2. The lowest BCUT2D eigenvalue weighted by Gasteiger charge is -2.03. The van der Waals surface area contributed by atoms with Gasteiger partial charge < -0.3 is 5.11 Å². The Labute approximate surface area is 121 Å². The Morgan fingerprint density at radius 2 is 1.50 bits per heavy atom. The SMILES string of the molecule is CSc1ccc(CC(=O)c2ccc(C(=O)O)cc2)cc1. The first-order chi connectivity index (χ1) is 9.60. The Morgan fingerprint density at radius 3 is 2.00 bits per heavy atom. The van der Waals surface area contributed by atoms with Crippen LogP contribution in [0.3, 0.4) is 0 Å². The minimum absolute atomic E-state index is 0.0150. The van der Waals surface area contributed by atoms with E-state index in [1.54, 1.807) is 23.9 Å². The van der Waals surface area contributed by atoms with E-state index in [4.69, 9.17) is 5.11 Å². The van der Waals surface area contributed by atoms with Crippen LogP contribution in [0.5, 0.6) is 0 Å². The van der Waals surface area contributed by atoms with Gasteiger partial charge in [-0.25, -0.2) is 4.79 Å². The summed E-state index contributed by atoms with van der Waals surface area (Å²) in [5.74, 6) is -1.00. The average molecular weight is 286 g/mol. The Kier molecular flexibility index (Phi) is 4.58. The molecule has 2 rings (SSSR count). The number of carbonyl (C=O) groups is 2. The van der Waals surface area contributed by atoms with Crippen molar-refractivity contribution in [3.8, 4) is 0 Å². The molecular weight excluding hydrogens is 272 g/mol. The molecule has 0 amide bonds. The summed E-state index contributed by atoms with van der Waals surface area (Å²) in [7, 11) is 0. The van der Waals surface area contributed by atoms with Crippen molar-refractivity contribution in [2.24, 2.45) is 0 Å². The van der Waals surface area contributed by atoms with Crippen molar-refractivity contribution in [3.63, 3.8) is 0 Å².